The summed E-state index contributed by atoms with van der Waals surface area (Å²) in [5.74, 6) is -0.901. The van der Waals surface area contributed by atoms with Crippen LogP contribution in [0.25, 0.3) is 0 Å². The molecule has 0 spiro atoms. The van der Waals surface area contributed by atoms with Crippen molar-refractivity contribution in [2.75, 3.05) is 11.2 Å². The van der Waals surface area contributed by atoms with Crippen molar-refractivity contribution in [3.8, 4) is 0 Å². The maximum Gasteiger partial charge on any atom is 0.433 e. The van der Waals surface area contributed by atoms with Gasteiger partial charge in [0.2, 0.25) is 5.91 Å². The average molecular weight is 273 g/mol. The van der Waals surface area contributed by atoms with Gasteiger partial charge in [-0.3, -0.25) is 4.79 Å². The molecule has 0 saturated carbocycles. The molecule has 0 atom stereocenters. The molecule has 3 nitrogen and oxygen atoms in total. The van der Waals surface area contributed by atoms with Crippen LogP contribution < -0.4 is 5.32 Å². The van der Waals surface area contributed by atoms with E-state index in [-0.39, 0.29) is 16.6 Å². The summed E-state index contributed by atoms with van der Waals surface area (Å²) in [4.78, 5) is 14.0. The van der Waals surface area contributed by atoms with Gasteiger partial charge in [0.05, 0.1) is 16.9 Å². The van der Waals surface area contributed by atoms with E-state index >= 15 is 0 Å². The fourth-order valence-corrected chi connectivity index (χ4v) is 1.13. The molecule has 0 aliphatic rings. The Balaban J connectivity index is 2.96. The molecule has 1 N–H and O–H groups in total. The number of amides is 1. The number of rotatable bonds is 2. The van der Waals surface area contributed by atoms with Crippen molar-refractivity contribution in [2.24, 2.45) is 0 Å². The number of halogens is 5. The van der Waals surface area contributed by atoms with Gasteiger partial charge in [-0.2, -0.15) is 13.2 Å². The van der Waals surface area contributed by atoms with Crippen LogP contribution in [0.4, 0.5) is 18.9 Å². The molecule has 1 heterocycles. The molecule has 0 saturated heterocycles. The summed E-state index contributed by atoms with van der Waals surface area (Å²) in [6.45, 7) is 0. The molecule has 0 aliphatic carbocycles. The van der Waals surface area contributed by atoms with Crippen LogP contribution in [0.5, 0.6) is 0 Å². The first-order chi connectivity index (χ1) is 7.34. The number of anilines is 1. The summed E-state index contributed by atoms with van der Waals surface area (Å²) in [6.07, 6.45) is -3.74. The first-order valence-corrected chi connectivity index (χ1v) is 4.84. The largest absolute Gasteiger partial charge is 0.433 e. The van der Waals surface area contributed by atoms with Gasteiger partial charge >= 0.3 is 6.18 Å². The Morgan fingerprint density at radius 3 is 2.56 bits per heavy atom. The van der Waals surface area contributed by atoms with Gasteiger partial charge in [-0.25, -0.2) is 4.98 Å². The van der Waals surface area contributed by atoms with E-state index in [1.165, 1.54) is 0 Å². The number of nitrogens with zero attached hydrogens (tertiary/aromatic N) is 1. The maximum atomic E-state index is 12.2. The quantitative estimate of drug-likeness (QED) is 0.842. The lowest BCUT2D eigenvalue weighted by atomic mass is 10.3. The Kier molecular flexibility index (Phi) is 3.98. The van der Waals surface area contributed by atoms with Gasteiger partial charge in [-0.05, 0) is 6.07 Å². The zero-order valence-corrected chi connectivity index (χ0v) is 9.12. The Morgan fingerprint density at radius 1 is 1.50 bits per heavy atom. The lowest BCUT2D eigenvalue weighted by Gasteiger charge is -2.09. The Bertz CT molecular complexity index is 409. The molecule has 0 aromatic carbocycles. The zero-order valence-electron chi connectivity index (χ0n) is 7.61. The van der Waals surface area contributed by atoms with E-state index < -0.39 is 17.8 Å². The fraction of sp³-hybridized carbons (Fsp3) is 0.250. The highest BCUT2D eigenvalue weighted by Gasteiger charge is 2.32. The number of pyridine rings is 1. The van der Waals surface area contributed by atoms with Gasteiger partial charge in [0.25, 0.3) is 0 Å². The second kappa shape index (κ2) is 4.88. The summed E-state index contributed by atoms with van der Waals surface area (Å²) in [5, 5.41) is 1.96. The third-order valence-electron chi connectivity index (χ3n) is 1.54. The molecule has 0 fully saturated rings. The van der Waals surface area contributed by atoms with Crippen LogP contribution in [0.15, 0.2) is 12.3 Å². The second-order valence-corrected chi connectivity index (χ2v) is 3.40. The standard InChI is InChI=1S/C8H5Cl2F3N2O/c9-2-7(16)15-5-3-14-6(1-4(5)10)8(11,12)13/h1,3H,2H2,(H,15,16). The van der Waals surface area contributed by atoms with Crippen molar-refractivity contribution in [1.29, 1.82) is 0 Å². The predicted molar refractivity (Wildman–Crippen MR) is 53.6 cm³/mol. The van der Waals surface area contributed by atoms with Crippen LogP contribution >= 0.6 is 23.2 Å². The van der Waals surface area contributed by atoms with Crippen molar-refractivity contribution >= 4 is 34.8 Å². The molecule has 8 heteroatoms. The lowest BCUT2D eigenvalue weighted by Crippen LogP contribution is -2.14. The zero-order chi connectivity index (χ0) is 12.3. The van der Waals surface area contributed by atoms with E-state index in [0.717, 1.165) is 6.20 Å². The minimum Gasteiger partial charge on any atom is -0.322 e. The van der Waals surface area contributed by atoms with Crippen LogP contribution in [0.2, 0.25) is 5.02 Å². The smallest absolute Gasteiger partial charge is 0.322 e. The van der Waals surface area contributed by atoms with E-state index in [1.54, 1.807) is 0 Å². The lowest BCUT2D eigenvalue weighted by molar-refractivity contribution is -0.141. The normalized spacial score (nSPS) is 11.3. The van der Waals surface area contributed by atoms with E-state index in [2.05, 4.69) is 10.3 Å². The first-order valence-electron chi connectivity index (χ1n) is 3.93. The summed E-state index contributed by atoms with van der Waals surface area (Å²) in [7, 11) is 0. The minimum absolute atomic E-state index is 0.0136. The molecule has 16 heavy (non-hydrogen) atoms. The predicted octanol–water partition coefficient (Wildman–Crippen LogP) is 2.93. The number of hydrogen-bond donors (Lipinski definition) is 1. The maximum absolute atomic E-state index is 12.2. The molecule has 0 radical (unpaired) electrons. The summed E-state index contributed by atoms with van der Waals surface area (Å²) < 4.78 is 36.6. The highest BCUT2D eigenvalue weighted by molar-refractivity contribution is 6.34. The molecular weight excluding hydrogens is 268 g/mol. The molecule has 1 aromatic heterocycles. The fourth-order valence-electron chi connectivity index (χ4n) is 0.861. The van der Waals surface area contributed by atoms with Gasteiger partial charge in [0.1, 0.15) is 11.6 Å². The molecule has 0 unspecified atom stereocenters. The van der Waals surface area contributed by atoms with Gasteiger partial charge < -0.3 is 5.32 Å². The number of carbonyl (C=O) groups is 1. The number of alkyl halides is 4. The van der Waals surface area contributed by atoms with Crippen molar-refractivity contribution in [3.05, 3.63) is 23.0 Å². The number of aromatic nitrogens is 1. The van der Waals surface area contributed by atoms with Gasteiger partial charge in [0.15, 0.2) is 0 Å². The van der Waals surface area contributed by atoms with Crippen LogP contribution in [0.1, 0.15) is 5.69 Å². The van der Waals surface area contributed by atoms with E-state index in [4.69, 9.17) is 23.2 Å². The molecular formula is C8H5Cl2F3N2O. The summed E-state index contributed by atoms with van der Waals surface area (Å²) in [6, 6.07) is 0.630. The Morgan fingerprint density at radius 2 is 2.12 bits per heavy atom. The summed E-state index contributed by atoms with van der Waals surface area (Å²) in [5.41, 5.74) is -1.14. The third-order valence-corrected chi connectivity index (χ3v) is 2.09. The van der Waals surface area contributed by atoms with E-state index in [1.807, 2.05) is 0 Å². The SMILES string of the molecule is O=C(CCl)Nc1cnc(C(F)(F)F)cc1Cl. The summed E-state index contributed by atoms with van der Waals surface area (Å²) >= 11 is 10.7. The Labute approximate surface area is 98.6 Å². The van der Waals surface area contributed by atoms with Crippen LogP contribution in [0.3, 0.4) is 0 Å². The number of hydrogen-bond acceptors (Lipinski definition) is 2. The molecule has 1 aromatic rings. The minimum atomic E-state index is -4.57. The molecule has 88 valence electrons. The molecule has 1 amide bonds. The van der Waals surface area contributed by atoms with Crippen molar-refractivity contribution in [1.82, 2.24) is 4.98 Å². The van der Waals surface area contributed by atoms with Crippen molar-refractivity contribution < 1.29 is 18.0 Å². The number of carbonyl (C=O) groups excluding carboxylic acids is 1. The molecule has 0 aliphatic heterocycles. The Hall–Kier alpha value is -1.01. The average Bonchev–Trinajstić information content (AvgIpc) is 2.19. The molecule has 1 rings (SSSR count). The monoisotopic (exact) mass is 272 g/mol. The third kappa shape index (κ3) is 3.24. The van der Waals surface area contributed by atoms with Crippen LogP contribution in [0, 0.1) is 0 Å². The molecule has 0 bridgehead atoms. The topological polar surface area (TPSA) is 42.0 Å². The van der Waals surface area contributed by atoms with Gasteiger partial charge in [0, 0.05) is 0 Å². The number of nitrogens with one attached hydrogen (secondary N) is 1. The van der Waals surface area contributed by atoms with Crippen molar-refractivity contribution in [2.45, 2.75) is 6.18 Å². The highest BCUT2D eigenvalue weighted by Crippen LogP contribution is 2.31. The van der Waals surface area contributed by atoms with Gasteiger partial charge in [-0.15, -0.1) is 11.6 Å². The van der Waals surface area contributed by atoms with Gasteiger partial charge in [-0.1, -0.05) is 11.6 Å². The first kappa shape index (κ1) is 13.1. The second-order valence-electron chi connectivity index (χ2n) is 2.73. The highest BCUT2D eigenvalue weighted by atomic mass is 35.5. The van der Waals surface area contributed by atoms with E-state index in [0.29, 0.717) is 6.07 Å². The van der Waals surface area contributed by atoms with Crippen molar-refractivity contribution in [3.63, 3.8) is 0 Å². The van der Waals surface area contributed by atoms with Crippen LogP contribution in [-0.2, 0) is 11.0 Å². The van der Waals surface area contributed by atoms with Crippen LogP contribution in [-0.4, -0.2) is 16.8 Å². The van der Waals surface area contributed by atoms with E-state index in [9.17, 15) is 18.0 Å².